The van der Waals surface area contributed by atoms with Crippen molar-refractivity contribution in [1.82, 2.24) is 14.8 Å². The summed E-state index contributed by atoms with van der Waals surface area (Å²) in [6, 6.07) is 12.4. The maximum Gasteiger partial charge on any atom is 0.272 e. The van der Waals surface area contributed by atoms with E-state index >= 15 is 0 Å². The molecule has 0 bridgehead atoms. The molecule has 126 valence electrons. The Bertz CT molecular complexity index is 719. The molecule has 0 aliphatic carbocycles. The van der Waals surface area contributed by atoms with E-state index < -0.39 is 0 Å². The predicted octanol–water partition coefficient (Wildman–Crippen LogP) is 2.17. The number of rotatable bonds is 2. The Balaban J connectivity index is 1.41. The lowest BCUT2D eigenvalue weighted by Gasteiger charge is -2.40. The van der Waals surface area contributed by atoms with E-state index in [4.69, 9.17) is 4.74 Å². The third-order valence-electron chi connectivity index (χ3n) is 5.13. The summed E-state index contributed by atoms with van der Waals surface area (Å²) in [4.78, 5) is 21.7. The number of carbonyl (C=O) groups excluding carboxylic acids is 1. The van der Waals surface area contributed by atoms with E-state index in [0.29, 0.717) is 11.7 Å². The standard InChI is InChI=1S/C19H23N3O2/c23-19(18-6-5-15-3-1-2-4-17(15)20-18)22-11-9-21(10-12-22)16-7-13-24-14-8-16/h1-6,16H,7-14H2. The second-order valence-electron chi connectivity index (χ2n) is 6.56. The molecule has 3 heterocycles. The Kier molecular flexibility index (Phi) is 4.45. The monoisotopic (exact) mass is 325 g/mol. The second-order valence-corrected chi connectivity index (χ2v) is 6.56. The first-order valence-corrected chi connectivity index (χ1v) is 8.78. The van der Waals surface area contributed by atoms with Crippen molar-refractivity contribution in [2.45, 2.75) is 18.9 Å². The predicted molar refractivity (Wildman–Crippen MR) is 93.1 cm³/mol. The maximum absolute atomic E-state index is 12.8. The van der Waals surface area contributed by atoms with E-state index in [1.165, 1.54) is 0 Å². The summed E-state index contributed by atoms with van der Waals surface area (Å²) in [5.41, 5.74) is 1.43. The smallest absolute Gasteiger partial charge is 0.272 e. The van der Waals surface area contributed by atoms with Gasteiger partial charge in [0.15, 0.2) is 0 Å². The molecule has 1 aromatic heterocycles. The van der Waals surface area contributed by atoms with Crippen molar-refractivity contribution in [3.05, 3.63) is 42.1 Å². The Morgan fingerprint density at radius 2 is 1.75 bits per heavy atom. The summed E-state index contributed by atoms with van der Waals surface area (Å²) in [5, 5.41) is 1.07. The lowest BCUT2D eigenvalue weighted by atomic mass is 10.1. The van der Waals surface area contributed by atoms with Crippen molar-refractivity contribution >= 4 is 16.8 Å². The highest BCUT2D eigenvalue weighted by molar-refractivity contribution is 5.95. The fourth-order valence-electron chi connectivity index (χ4n) is 3.69. The van der Waals surface area contributed by atoms with Crippen LogP contribution in [0.25, 0.3) is 10.9 Å². The molecule has 0 atom stereocenters. The van der Waals surface area contributed by atoms with Crippen molar-refractivity contribution in [1.29, 1.82) is 0 Å². The van der Waals surface area contributed by atoms with Crippen LogP contribution >= 0.6 is 0 Å². The van der Waals surface area contributed by atoms with Crippen LogP contribution in [0.3, 0.4) is 0 Å². The van der Waals surface area contributed by atoms with Gasteiger partial charge in [-0.1, -0.05) is 24.3 Å². The number of piperazine rings is 1. The van der Waals surface area contributed by atoms with Crippen LogP contribution in [0.1, 0.15) is 23.3 Å². The minimum atomic E-state index is 0.0485. The number of ether oxygens (including phenoxy) is 1. The first-order valence-electron chi connectivity index (χ1n) is 8.78. The van der Waals surface area contributed by atoms with Gasteiger partial charge in [-0.2, -0.15) is 0 Å². The van der Waals surface area contributed by atoms with Gasteiger partial charge in [0, 0.05) is 50.8 Å². The van der Waals surface area contributed by atoms with Gasteiger partial charge in [0.2, 0.25) is 0 Å². The molecule has 0 radical (unpaired) electrons. The van der Waals surface area contributed by atoms with E-state index in [-0.39, 0.29) is 5.91 Å². The number of amides is 1. The van der Waals surface area contributed by atoms with E-state index in [0.717, 1.165) is 63.1 Å². The molecule has 2 aliphatic heterocycles. The molecule has 1 amide bonds. The third-order valence-corrected chi connectivity index (χ3v) is 5.13. The van der Waals surface area contributed by atoms with Gasteiger partial charge in [-0.05, 0) is 25.0 Å². The Morgan fingerprint density at radius 3 is 2.54 bits per heavy atom. The SMILES string of the molecule is O=C(c1ccc2ccccc2n1)N1CCN(C2CCOCC2)CC1. The lowest BCUT2D eigenvalue weighted by molar-refractivity contribution is 0.0136. The summed E-state index contributed by atoms with van der Waals surface area (Å²) in [7, 11) is 0. The first kappa shape index (κ1) is 15.5. The molecule has 0 saturated carbocycles. The summed E-state index contributed by atoms with van der Waals surface area (Å²) in [6.45, 7) is 5.19. The van der Waals surface area contributed by atoms with Gasteiger partial charge >= 0.3 is 0 Å². The first-order chi connectivity index (χ1) is 11.8. The van der Waals surface area contributed by atoms with E-state index in [1.807, 2.05) is 41.3 Å². The Labute approximate surface area is 142 Å². The number of hydrogen-bond acceptors (Lipinski definition) is 4. The molecule has 2 saturated heterocycles. The number of nitrogens with zero attached hydrogens (tertiary/aromatic N) is 3. The summed E-state index contributed by atoms with van der Waals surface area (Å²) < 4.78 is 5.44. The molecule has 4 rings (SSSR count). The molecule has 2 aromatic rings. The van der Waals surface area contributed by atoms with Crippen molar-refractivity contribution in [2.24, 2.45) is 0 Å². The highest BCUT2D eigenvalue weighted by atomic mass is 16.5. The Hall–Kier alpha value is -1.98. The molecule has 0 spiro atoms. The Morgan fingerprint density at radius 1 is 1.00 bits per heavy atom. The van der Waals surface area contributed by atoms with Crippen LogP contribution < -0.4 is 0 Å². The van der Waals surface area contributed by atoms with Crippen molar-refractivity contribution in [3.63, 3.8) is 0 Å². The summed E-state index contributed by atoms with van der Waals surface area (Å²) >= 11 is 0. The van der Waals surface area contributed by atoms with Crippen molar-refractivity contribution < 1.29 is 9.53 Å². The fourth-order valence-corrected chi connectivity index (χ4v) is 3.69. The van der Waals surface area contributed by atoms with E-state index in [1.54, 1.807) is 0 Å². The zero-order valence-corrected chi connectivity index (χ0v) is 13.9. The minimum absolute atomic E-state index is 0.0485. The number of hydrogen-bond donors (Lipinski definition) is 0. The average molecular weight is 325 g/mol. The largest absolute Gasteiger partial charge is 0.381 e. The number of para-hydroxylation sites is 1. The van der Waals surface area contributed by atoms with Crippen LogP contribution in [0.2, 0.25) is 0 Å². The molecular formula is C19H23N3O2. The van der Waals surface area contributed by atoms with Crippen molar-refractivity contribution in [3.8, 4) is 0 Å². The molecule has 2 fully saturated rings. The van der Waals surface area contributed by atoms with Crippen LogP contribution in [0.15, 0.2) is 36.4 Å². The normalized spacial score (nSPS) is 20.4. The van der Waals surface area contributed by atoms with Crippen LogP contribution in [0.5, 0.6) is 0 Å². The van der Waals surface area contributed by atoms with Gasteiger partial charge in [0.25, 0.3) is 5.91 Å². The zero-order valence-electron chi connectivity index (χ0n) is 13.9. The molecule has 5 heteroatoms. The molecular weight excluding hydrogens is 302 g/mol. The molecule has 5 nitrogen and oxygen atoms in total. The average Bonchev–Trinajstić information content (AvgIpc) is 2.68. The summed E-state index contributed by atoms with van der Waals surface area (Å²) in [6.07, 6.45) is 2.22. The van der Waals surface area contributed by atoms with E-state index in [9.17, 15) is 4.79 Å². The number of aromatic nitrogens is 1. The van der Waals surface area contributed by atoms with Gasteiger partial charge < -0.3 is 9.64 Å². The number of fused-ring (bicyclic) bond motifs is 1. The molecule has 0 unspecified atom stereocenters. The highest BCUT2D eigenvalue weighted by Crippen LogP contribution is 2.18. The van der Waals surface area contributed by atoms with Gasteiger partial charge in [0.05, 0.1) is 5.52 Å². The third kappa shape index (κ3) is 3.14. The van der Waals surface area contributed by atoms with Crippen LogP contribution in [0, 0.1) is 0 Å². The van der Waals surface area contributed by atoms with Crippen LogP contribution in [-0.2, 0) is 4.74 Å². The maximum atomic E-state index is 12.8. The lowest BCUT2D eigenvalue weighted by Crippen LogP contribution is -2.53. The van der Waals surface area contributed by atoms with Crippen molar-refractivity contribution in [2.75, 3.05) is 39.4 Å². The highest BCUT2D eigenvalue weighted by Gasteiger charge is 2.28. The number of benzene rings is 1. The fraction of sp³-hybridized carbons (Fsp3) is 0.474. The van der Waals surface area contributed by atoms with Crippen LogP contribution in [-0.4, -0.2) is 66.1 Å². The van der Waals surface area contributed by atoms with Crippen LogP contribution in [0.4, 0.5) is 0 Å². The summed E-state index contributed by atoms with van der Waals surface area (Å²) in [5.74, 6) is 0.0485. The van der Waals surface area contributed by atoms with E-state index in [2.05, 4.69) is 9.88 Å². The van der Waals surface area contributed by atoms with Gasteiger partial charge in [0.1, 0.15) is 5.69 Å². The number of pyridine rings is 1. The molecule has 2 aliphatic rings. The zero-order chi connectivity index (χ0) is 16.4. The topological polar surface area (TPSA) is 45.7 Å². The molecule has 0 N–H and O–H groups in total. The van der Waals surface area contributed by atoms with Gasteiger partial charge in [-0.25, -0.2) is 4.98 Å². The minimum Gasteiger partial charge on any atom is -0.381 e. The quantitative estimate of drug-likeness (QED) is 0.849. The molecule has 24 heavy (non-hydrogen) atoms. The second kappa shape index (κ2) is 6.87. The van der Waals surface area contributed by atoms with Gasteiger partial charge in [-0.15, -0.1) is 0 Å². The number of carbonyl (C=O) groups is 1. The van der Waals surface area contributed by atoms with Gasteiger partial charge in [-0.3, -0.25) is 9.69 Å². The molecule has 1 aromatic carbocycles.